The van der Waals surface area contributed by atoms with E-state index in [1.807, 2.05) is 13.1 Å². The Labute approximate surface area is 105 Å². The Morgan fingerprint density at radius 3 is 2.88 bits per heavy atom. The zero-order valence-corrected chi connectivity index (χ0v) is 10.9. The van der Waals surface area contributed by atoms with Gasteiger partial charge in [-0.15, -0.1) is 11.3 Å². The van der Waals surface area contributed by atoms with Gasteiger partial charge in [-0.25, -0.2) is 4.98 Å². The monoisotopic (exact) mass is 248 g/mol. The quantitative estimate of drug-likeness (QED) is 0.880. The van der Waals surface area contributed by atoms with Crippen molar-refractivity contribution in [3.8, 4) is 0 Å². The number of thiazole rings is 1. The second kappa shape index (κ2) is 5.84. The molecular formula is C12H16N4S. The molecule has 0 fully saturated rings. The first-order valence-corrected chi connectivity index (χ1v) is 6.58. The molecule has 0 amide bonds. The molecule has 0 aliphatic rings. The van der Waals surface area contributed by atoms with Gasteiger partial charge in [-0.05, 0) is 13.5 Å². The van der Waals surface area contributed by atoms with Crippen molar-refractivity contribution in [2.24, 2.45) is 0 Å². The van der Waals surface area contributed by atoms with Crippen LogP contribution in [0.15, 0.2) is 24.0 Å². The molecule has 2 rings (SSSR count). The highest BCUT2D eigenvalue weighted by molar-refractivity contribution is 7.09. The predicted molar refractivity (Wildman–Crippen MR) is 69.0 cm³/mol. The highest BCUT2D eigenvalue weighted by Gasteiger charge is 2.14. The van der Waals surface area contributed by atoms with Gasteiger partial charge in [-0.2, -0.15) is 0 Å². The zero-order valence-electron chi connectivity index (χ0n) is 10.1. The van der Waals surface area contributed by atoms with Gasteiger partial charge in [0.1, 0.15) is 0 Å². The van der Waals surface area contributed by atoms with E-state index in [0.717, 1.165) is 29.4 Å². The van der Waals surface area contributed by atoms with E-state index in [2.05, 4.69) is 32.6 Å². The minimum Gasteiger partial charge on any atom is -0.309 e. The Morgan fingerprint density at radius 1 is 1.41 bits per heavy atom. The van der Waals surface area contributed by atoms with Crippen molar-refractivity contribution < 1.29 is 0 Å². The number of nitrogens with zero attached hydrogens (tertiary/aromatic N) is 3. The van der Waals surface area contributed by atoms with Crippen LogP contribution in [0.1, 0.15) is 29.4 Å². The van der Waals surface area contributed by atoms with Gasteiger partial charge in [0, 0.05) is 36.1 Å². The lowest BCUT2D eigenvalue weighted by Gasteiger charge is -2.15. The fourth-order valence-electron chi connectivity index (χ4n) is 1.69. The van der Waals surface area contributed by atoms with Gasteiger partial charge in [0.05, 0.1) is 16.7 Å². The standard InChI is InChI=1S/C12H16N4S/c1-3-14-10(11-7-13-4-5-15-11)6-12-16-9(2)8-17-12/h4-5,7-8,10,14H,3,6H2,1-2H3. The van der Waals surface area contributed by atoms with Crippen LogP contribution in [0.2, 0.25) is 0 Å². The second-order valence-electron chi connectivity index (χ2n) is 3.83. The molecule has 17 heavy (non-hydrogen) atoms. The lowest BCUT2D eigenvalue weighted by Crippen LogP contribution is -2.24. The van der Waals surface area contributed by atoms with Gasteiger partial charge >= 0.3 is 0 Å². The van der Waals surface area contributed by atoms with E-state index in [1.54, 1.807) is 23.7 Å². The third kappa shape index (κ3) is 3.31. The van der Waals surface area contributed by atoms with Crippen LogP contribution in [0.3, 0.4) is 0 Å². The predicted octanol–water partition coefficient (Wildman–Crippen LogP) is 2.13. The summed E-state index contributed by atoms with van der Waals surface area (Å²) in [5, 5.41) is 6.64. The molecule has 1 atom stereocenters. The topological polar surface area (TPSA) is 50.7 Å². The second-order valence-corrected chi connectivity index (χ2v) is 4.77. The van der Waals surface area contributed by atoms with Crippen LogP contribution in [-0.4, -0.2) is 21.5 Å². The lowest BCUT2D eigenvalue weighted by molar-refractivity contribution is 0.533. The average molecular weight is 248 g/mol. The van der Waals surface area contributed by atoms with Crippen molar-refractivity contribution in [3.63, 3.8) is 0 Å². The fraction of sp³-hybridized carbons (Fsp3) is 0.417. The zero-order chi connectivity index (χ0) is 12.1. The largest absolute Gasteiger partial charge is 0.309 e. The summed E-state index contributed by atoms with van der Waals surface area (Å²) in [5.41, 5.74) is 2.06. The molecule has 1 unspecified atom stereocenters. The summed E-state index contributed by atoms with van der Waals surface area (Å²) in [4.78, 5) is 13.0. The van der Waals surface area contributed by atoms with Crippen LogP contribution >= 0.6 is 11.3 Å². The van der Waals surface area contributed by atoms with E-state index in [-0.39, 0.29) is 6.04 Å². The fourth-order valence-corrected chi connectivity index (χ4v) is 2.51. The van der Waals surface area contributed by atoms with Crippen LogP contribution in [0.25, 0.3) is 0 Å². The summed E-state index contributed by atoms with van der Waals surface area (Å²) in [7, 11) is 0. The molecule has 0 spiro atoms. The van der Waals surface area contributed by atoms with Crippen molar-refractivity contribution >= 4 is 11.3 Å². The Kier molecular flexibility index (Phi) is 4.17. The molecule has 0 aliphatic carbocycles. The maximum Gasteiger partial charge on any atom is 0.0947 e. The number of rotatable bonds is 5. The van der Waals surface area contributed by atoms with Crippen LogP contribution in [0.5, 0.6) is 0 Å². The summed E-state index contributed by atoms with van der Waals surface area (Å²) in [6.45, 7) is 5.02. The number of nitrogens with one attached hydrogen (secondary N) is 1. The van der Waals surface area contributed by atoms with Crippen molar-refractivity contribution in [3.05, 3.63) is 40.4 Å². The number of aromatic nitrogens is 3. The molecule has 2 heterocycles. The van der Waals surface area contributed by atoms with Gasteiger partial charge < -0.3 is 5.32 Å². The number of likely N-dealkylation sites (N-methyl/N-ethyl adjacent to an activating group) is 1. The van der Waals surface area contributed by atoms with E-state index in [1.165, 1.54) is 0 Å². The molecule has 0 saturated carbocycles. The van der Waals surface area contributed by atoms with Crippen molar-refractivity contribution in [2.45, 2.75) is 26.3 Å². The number of hydrogen-bond donors (Lipinski definition) is 1. The van der Waals surface area contributed by atoms with Crippen LogP contribution in [0.4, 0.5) is 0 Å². The highest BCUT2D eigenvalue weighted by atomic mass is 32.1. The smallest absolute Gasteiger partial charge is 0.0947 e. The Balaban J connectivity index is 2.13. The van der Waals surface area contributed by atoms with Gasteiger partial charge in [-0.3, -0.25) is 9.97 Å². The molecule has 0 radical (unpaired) electrons. The molecule has 2 aromatic rings. The van der Waals surface area contributed by atoms with Gasteiger partial charge in [0.2, 0.25) is 0 Å². The van der Waals surface area contributed by atoms with E-state index in [0.29, 0.717) is 0 Å². The maximum atomic E-state index is 4.49. The third-order valence-electron chi connectivity index (χ3n) is 2.44. The summed E-state index contributed by atoms with van der Waals surface area (Å²) < 4.78 is 0. The minimum absolute atomic E-state index is 0.194. The molecule has 1 N–H and O–H groups in total. The minimum atomic E-state index is 0.194. The molecule has 90 valence electrons. The lowest BCUT2D eigenvalue weighted by atomic mass is 10.1. The SMILES string of the molecule is CCNC(Cc1nc(C)cs1)c1cnccn1. The molecule has 4 nitrogen and oxygen atoms in total. The first kappa shape index (κ1) is 12.1. The first-order chi connectivity index (χ1) is 8.29. The van der Waals surface area contributed by atoms with Gasteiger partial charge in [0.15, 0.2) is 0 Å². The highest BCUT2D eigenvalue weighted by Crippen LogP contribution is 2.18. The molecule has 2 aromatic heterocycles. The van der Waals surface area contributed by atoms with E-state index >= 15 is 0 Å². The van der Waals surface area contributed by atoms with Crippen molar-refractivity contribution in [2.75, 3.05) is 6.54 Å². The number of aryl methyl sites for hydroxylation is 1. The number of hydrogen-bond acceptors (Lipinski definition) is 5. The Morgan fingerprint density at radius 2 is 2.29 bits per heavy atom. The average Bonchev–Trinajstić information content (AvgIpc) is 2.75. The molecule has 0 aromatic carbocycles. The van der Waals surface area contributed by atoms with Crippen molar-refractivity contribution in [1.82, 2.24) is 20.3 Å². The molecule has 0 saturated heterocycles. The molecular weight excluding hydrogens is 232 g/mol. The molecule has 0 bridgehead atoms. The van der Waals surface area contributed by atoms with Gasteiger partial charge in [-0.1, -0.05) is 6.92 Å². The van der Waals surface area contributed by atoms with Crippen molar-refractivity contribution in [1.29, 1.82) is 0 Å². The third-order valence-corrected chi connectivity index (χ3v) is 3.43. The van der Waals surface area contributed by atoms with E-state index in [4.69, 9.17) is 0 Å². The van der Waals surface area contributed by atoms with E-state index in [9.17, 15) is 0 Å². The van der Waals surface area contributed by atoms with Crippen LogP contribution < -0.4 is 5.32 Å². The normalized spacial score (nSPS) is 12.6. The Hall–Kier alpha value is -1.33. The first-order valence-electron chi connectivity index (χ1n) is 5.70. The van der Waals surface area contributed by atoms with Crippen LogP contribution in [0, 0.1) is 6.92 Å². The molecule has 0 aliphatic heterocycles. The van der Waals surface area contributed by atoms with E-state index < -0.39 is 0 Å². The molecule has 5 heteroatoms. The summed E-state index contributed by atoms with van der Waals surface area (Å²) in [6, 6.07) is 0.194. The summed E-state index contributed by atoms with van der Waals surface area (Å²) in [6.07, 6.45) is 6.10. The summed E-state index contributed by atoms with van der Waals surface area (Å²) in [5.74, 6) is 0. The van der Waals surface area contributed by atoms with Crippen LogP contribution in [-0.2, 0) is 6.42 Å². The maximum absolute atomic E-state index is 4.49. The van der Waals surface area contributed by atoms with Gasteiger partial charge in [0.25, 0.3) is 0 Å². The summed E-state index contributed by atoms with van der Waals surface area (Å²) >= 11 is 1.70. The Bertz CT molecular complexity index is 455.